The Bertz CT molecular complexity index is 193. The standard InChI is InChI=1S/C9H14O2/c1-5-9(2,3)7-6-8(10)11-4/h5H2,1-4H3. The quantitative estimate of drug-likeness (QED) is 0.326. The molecule has 62 valence electrons. The van der Waals surface area contributed by atoms with E-state index in [0.29, 0.717) is 0 Å². The molecule has 0 N–H and O–H groups in total. The van der Waals surface area contributed by atoms with E-state index in [4.69, 9.17) is 0 Å². The van der Waals surface area contributed by atoms with Gasteiger partial charge in [0.05, 0.1) is 7.11 Å². The minimum atomic E-state index is -0.466. The number of carbonyl (C=O) groups excluding carboxylic acids is 1. The smallest absolute Gasteiger partial charge is 0.384 e. The highest BCUT2D eigenvalue weighted by atomic mass is 16.5. The maximum absolute atomic E-state index is 10.6. The lowest BCUT2D eigenvalue weighted by molar-refractivity contribution is -0.133. The highest BCUT2D eigenvalue weighted by Gasteiger charge is 2.10. The second-order valence-corrected chi connectivity index (χ2v) is 2.98. The van der Waals surface area contributed by atoms with Crippen molar-refractivity contribution < 1.29 is 9.53 Å². The van der Waals surface area contributed by atoms with Crippen LogP contribution in [0.1, 0.15) is 27.2 Å². The number of hydrogen-bond acceptors (Lipinski definition) is 2. The van der Waals surface area contributed by atoms with Gasteiger partial charge in [-0.1, -0.05) is 12.8 Å². The van der Waals surface area contributed by atoms with E-state index in [-0.39, 0.29) is 5.41 Å². The van der Waals surface area contributed by atoms with E-state index in [9.17, 15) is 4.79 Å². The molecule has 0 bridgehead atoms. The fourth-order valence-corrected chi connectivity index (χ4v) is 0.360. The van der Waals surface area contributed by atoms with Crippen molar-refractivity contribution in [3.05, 3.63) is 0 Å². The lowest BCUT2D eigenvalue weighted by atomic mass is 9.91. The summed E-state index contributed by atoms with van der Waals surface area (Å²) in [5, 5.41) is 0. The number of hydrogen-bond donors (Lipinski definition) is 0. The van der Waals surface area contributed by atoms with E-state index in [0.717, 1.165) is 6.42 Å². The van der Waals surface area contributed by atoms with Crippen LogP contribution in [0.2, 0.25) is 0 Å². The van der Waals surface area contributed by atoms with Crippen LogP contribution in [0.4, 0.5) is 0 Å². The fourth-order valence-electron chi connectivity index (χ4n) is 0.360. The van der Waals surface area contributed by atoms with Gasteiger partial charge in [-0.05, 0) is 20.3 Å². The van der Waals surface area contributed by atoms with Crippen molar-refractivity contribution in [3.63, 3.8) is 0 Å². The molecular weight excluding hydrogens is 140 g/mol. The first-order chi connectivity index (χ1) is 5.02. The first kappa shape index (κ1) is 10.0. The van der Waals surface area contributed by atoms with Crippen LogP contribution in [0.15, 0.2) is 0 Å². The van der Waals surface area contributed by atoms with Crippen LogP contribution in [0.5, 0.6) is 0 Å². The Kier molecular flexibility index (Phi) is 3.67. The second-order valence-electron chi connectivity index (χ2n) is 2.98. The molecule has 2 nitrogen and oxygen atoms in total. The highest BCUT2D eigenvalue weighted by Crippen LogP contribution is 2.17. The lowest BCUT2D eigenvalue weighted by Crippen LogP contribution is -2.06. The maximum atomic E-state index is 10.6. The van der Waals surface area contributed by atoms with Gasteiger partial charge in [0.25, 0.3) is 0 Å². The molecule has 0 rings (SSSR count). The van der Waals surface area contributed by atoms with Crippen LogP contribution in [0.25, 0.3) is 0 Å². The molecule has 0 radical (unpaired) electrons. The Morgan fingerprint density at radius 1 is 1.55 bits per heavy atom. The van der Waals surface area contributed by atoms with Crippen molar-refractivity contribution in [1.29, 1.82) is 0 Å². The van der Waals surface area contributed by atoms with Crippen LogP contribution in [0, 0.1) is 17.3 Å². The molecule has 0 atom stereocenters. The summed E-state index contributed by atoms with van der Waals surface area (Å²) in [7, 11) is 1.33. The van der Waals surface area contributed by atoms with E-state index in [1.807, 2.05) is 20.8 Å². The number of esters is 1. The molecule has 0 aromatic carbocycles. The minimum absolute atomic E-state index is 0.0891. The first-order valence-corrected chi connectivity index (χ1v) is 3.63. The summed E-state index contributed by atoms with van der Waals surface area (Å²) in [5.41, 5.74) is -0.0891. The van der Waals surface area contributed by atoms with Crippen molar-refractivity contribution in [2.45, 2.75) is 27.2 Å². The largest absolute Gasteiger partial charge is 0.459 e. The summed E-state index contributed by atoms with van der Waals surface area (Å²) in [5.74, 6) is 4.78. The Hall–Kier alpha value is -0.970. The van der Waals surface area contributed by atoms with Gasteiger partial charge in [0.1, 0.15) is 0 Å². The molecule has 11 heavy (non-hydrogen) atoms. The summed E-state index contributed by atoms with van der Waals surface area (Å²) in [6, 6.07) is 0. The predicted octanol–water partition coefficient (Wildman–Crippen LogP) is 1.60. The van der Waals surface area contributed by atoms with Gasteiger partial charge in [0, 0.05) is 11.3 Å². The SMILES string of the molecule is CCC(C)(C)C#CC(=O)OC. The number of rotatable bonds is 1. The third-order valence-electron chi connectivity index (χ3n) is 1.57. The monoisotopic (exact) mass is 154 g/mol. The van der Waals surface area contributed by atoms with Gasteiger partial charge in [-0.25, -0.2) is 4.79 Å². The lowest BCUT2D eigenvalue weighted by Gasteiger charge is -2.12. The number of ether oxygens (including phenoxy) is 1. The third-order valence-corrected chi connectivity index (χ3v) is 1.57. The number of methoxy groups -OCH3 is 1. The molecule has 0 fully saturated rings. The van der Waals surface area contributed by atoms with Crippen LogP contribution in [0.3, 0.4) is 0 Å². The zero-order chi connectivity index (χ0) is 8.91. The third kappa shape index (κ3) is 4.44. The molecule has 0 aliphatic heterocycles. The molecule has 0 spiro atoms. The molecule has 0 aromatic heterocycles. The van der Waals surface area contributed by atoms with Crippen LogP contribution >= 0.6 is 0 Å². The van der Waals surface area contributed by atoms with Crippen LogP contribution in [-0.4, -0.2) is 13.1 Å². The van der Waals surface area contributed by atoms with Gasteiger partial charge < -0.3 is 4.74 Å². The fraction of sp³-hybridized carbons (Fsp3) is 0.667. The van der Waals surface area contributed by atoms with E-state index in [1.165, 1.54) is 7.11 Å². The van der Waals surface area contributed by atoms with Gasteiger partial charge in [-0.2, -0.15) is 0 Å². The highest BCUT2D eigenvalue weighted by molar-refractivity contribution is 5.88. The van der Waals surface area contributed by atoms with Crippen molar-refractivity contribution in [3.8, 4) is 11.8 Å². The zero-order valence-electron chi connectivity index (χ0n) is 7.52. The average molecular weight is 154 g/mol. The van der Waals surface area contributed by atoms with Crippen molar-refractivity contribution >= 4 is 5.97 Å². The van der Waals surface area contributed by atoms with Crippen LogP contribution < -0.4 is 0 Å². The minimum Gasteiger partial charge on any atom is -0.459 e. The predicted molar refractivity (Wildman–Crippen MR) is 43.9 cm³/mol. The van der Waals surface area contributed by atoms with Crippen molar-refractivity contribution in [2.24, 2.45) is 5.41 Å². The summed E-state index contributed by atoms with van der Waals surface area (Å²) in [6.45, 7) is 6.01. The average Bonchev–Trinajstić information content (AvgIpc) is 2.00. The Morgan fingerprint density at radius 3 is 2.45 bits per heavy atom. The van der Waals surface area contributed by atoms with E-state index in [2.05, 4.69) is 16.6 Å². The van der Waals surface area contributed by atoms with Gasteiger partial charge in [0.2, 0.25) is 0 Å². The molecule has 0 saturated carbocycles. The normalized spacial score (nSPS) is 9.82. The van der Waals surface area contributed by atoms with E-state index >= 15 is 0 Å². The molecule has 0 saturated heterocycles. The van der Waals surface area contributed by atoms with E-state index < -0.39 is 5.97 Å². The number of carbonyl (C=O) groups is 1. The molecule has 0 aliphatic rings. The summed E-state index contributed by atoms with van der Waals surface area (Å²) in [4.78, 5) is 10.6. The molecule has 0 aromatic rings. The van der Waals surface area contributed by atoms with Crippen LogP contribution in [-0.2, 0) is 9.53 Å². The van der Waals surface area contributed by atoms with Crippen molar-refractivity contribution in [2.75, 3.05) is 7.11 Å². The second kappa shape index (κ2) is 4.02. The van der Waals surface area contributed by atoms with Gasteiger partial charge in [-0.15, -0.1) is 0 Å². The van der Waals surface area contributed by atoms with E-state index in [1.54, 1.807) is 0 Å². The Balaban J connectivity index is 4.16. The first-order valence-electron chi connectivity index (χ1n) is 3.63. The topological polar surface area (TPSA) is 26.3 Å². The molecular formula is C9H14O2. The van der Waals surface area contributed by atoms with Gasteiger partial charge >= 0.3 is 5.97 Å². The molecule has 2 heteroatoms. The van der Waals surface area contributed by atoms with Gasteiger partial charge in [0.15, 0.2) is 0 Å². The van der Waals surface area contributed by atoms with Crippen molar-refractivity contribution in [1.82, 2.24) is 0 Å². The molecule has 0 heterocycles. The Labute approximate surface area is 67.9 Å². The summed E-state index contributed by atoms with van der Waals surface area (Å²) < 4.78 is 4.38. The maximum Gasteiger partial charge on any atom is 0.384 e. The van der Waals surface area contributed by atoms with Gasteiger partial charge in [-0.3, -0.25) is 0 Å². The molecule has 0 amide bonds. The summed E-state index contributed by atoms with van der Waals surface area (Å²) in [6.07, 6.45) is 0.928. The zero-order valence-corrected chi connectivity index (χ0v) is 7.52. The Morgan fingerprint density at radius 2 is 2.09 bits per heavy atom. The molecule has 0 unspecified atom stereocenters. The summed E-state index contributed by atoms with van der Waals surface area (Å²) >= 11 is 0. The molecule has 0 aliphatic carbocycles.